The number of carbonyl (C=O) groups excluding carboxylic acids is 2. The molecule has 1 heterocycles. The third-order valence-corrected chi connectivity index (χ3v) is 6.42. The van der Waals surface area contributed by atoms with Crippen molar-refractivity contribution in [3.63, 3.8) is 0 Å². The molecule has 2 fully saturated rings. The van der Waals surface area contributed by atoms with Crippen LogP contribution in [0.1, 0.15) is 40.0 Å². The minimum Gasteiger partial charge on any atom is -0.342 e. The summed E-state index contributed by atoms with van der Waals surface area (Å²) < 4.78 is 23.5. The van der Waals surface area contributed by atoms with E-state index in [0.29, 0.717) is 6.42 Å². The molecule has 120 valence electrons. The maximum Gasteiger partial charge on any atom is 0.246 e. The van der Waals surface area contributed by atoms with Gasteiger partial charge in [-0.05, 0) is 32.1 Å². The van der Waals surface area contributed by atoms with E-state index in [4.69, 9.17) is 0 Å². The molecule has 0 bridgehead atoms. The summed E-state index contributed by atoms with van der Waals surface area (Å²) in [4.78, 5) is 26.6. The van der Waals surface area contributed by atoms with Crippen LogP contribution in [0.2, 0.25) is 0 Å². The third-order valence-electron chi connectivity index (χ3n) is 4.74. The molecular weight excluding hydrogens is 292 g/mol. The van der Waals surface area contributed by atoms with Crippen molar-refractivity contribution < 1.29 is 18.0 Å². The van der Waals surface area contributed by atoms with Crippen molar-refractivity contribution in [2.24, 2.45) is 5.92 Å². The van der Waals surface area contributed by atoms with Gasteiger partial charge in [0.25, 0.3) is 0 Å². The molecular formula is C14H24N2O4S. The Balaban J connectivity index is 2.26. The Hall–Kier alpha value is -1.11. The fraction of sp³-hybridized carbons (Fsp3) is 0.857. The lowest BCUT2D eigenvalue weighted by atomic mass is 9.88. The molecule has 2 unspecified atom stereocenters. The summed E-state index contributed by atoms with van der Waals surface area (Å²) in [6.07, 6.45) is 2.33. The minimum absolute atomic E-state index is 0.0541. The van der Waals surface area contributed by atoms with E-state index in [2.05, 4.69) is 5.32 Å². The number of rotatable bonds is 6. The molecule has 1 aliphatic heterocycles. The van der Waals surface area contributed by atoms with Crippen LogP contribution in [0, 0.1) is 5.92 Å². The first-order valence-electron chi connectivity index (χ1n) is 7.59. The van der Waals surface area contributed by atoms with Crippen LogP contribution in [0.5, 0.6) is 0 Å². The predicted octanol–water partition coefficient (Wildman–Crippen LogP) is 0.327. The van der Waals surface area contributed by atoms with Gasteiger partial charge in [-0.3, -0.25) is 9.59 Å². The van der Waals surface area contributed by atoms with E-state index < -0.39 is 21.4 Å². The molecule has 0 aromatic carbocycles. The van der Waals surface area contributed by atoms with Crippen molar-refractivity contribution in [1.29, 1.82) is 0 Å². The number of piperazine rings is 1. The van der Waals surface area contributed by atoms with E-state index in [-0.39, 0.29) is 35.8 Å². The van der Waals surface area contributed by atoms with E-state index in [1.165, 1.54) is 4.90 Å². The second-order valence-corrected chi connectivity index (χ2v) is 8.56. The Bertz CT molecular complexity index is 541. The van der Waals surface area contributed by atoms with Gasteiger partial charge >= 0.3 is 0 Å². The summed E-state index contributed by atoms with van der Waals surface area (Å²) in [6, 6.07) is -0.534. The Morgan fingerprint density at radius 3 is 2.38 bits per heavy atom. The average molecular weight is 316 g/mol. The Morgan fingerprint density at radius 1 is 1.29 bits per heavy atom. The largest absolute Gasteiger partial charge is 0.342 e. The predicted molar refractivity (Wildman–Crippen MR) is 79.4 cm³/mol. The summed E-state index contributed by atoms with van der Waals surface area (Å²) in [6.45, 7) is 5.30. The van der Waals surface area contributed by atoms with Gasteiger partial charge in [-0.1, -0.05) is 13.8 Å². The van der Waals surface area contributed by atoms with Crippen LogP contribution >= 0.6 is 0 Å². The maximum atomic E-state index is 12.6. The highest BCUT2D eigenvalue weighted by Gasteiger charge is 2.56. The van der Waals surface area contributed by atoms with E-state index in [1.54, 1.807) is 13.8 Å². The number of sulfone groups is 1. The fourth-order valence-electron chi connectivity index (χ4n) is 2.95. The van der Waals surface area contributed by atoms with Gasteiger partial charge in [-0.25, -0.2) is 8.42 Å². The molecule has 2 aliphatic rings. The molecule has 21 heavy (non-hydrogen) atoms. The van der Waals surface area contributed by atoms with E-state index in [1.807, 2.05) is 6.92 Å². The van der Waals surface area contributed by atoms with Gasteiger partial charge in [0.15, 0.2) is 9.84 Å². The second kappa shape index (κ2) is 5.59. The lowest BCUT2D eigenvalue weighted by Gasteiger charge is -2.46. The van der Waals surface area contributed by atoms with Crippen LogP contribution in [0.4, 0.5) is 0 Å². The average Bonchev–Trinajstić information content (AvgIpc) is 3.27. The lowest BCUT2D eigenvalue weighted by Crippen LogP contribution is -2.70. The van der Waals surface area contributed by atoms with Crippen LogP contribution in [0.15, 0.2) is 0 Å². The smallest absolute Gasteiger partial charge is 0.246 e. The molecule has 1 saturated heterocycles. The molecule has 1 saturated carbocycles. The van der Waals surface area contributed by atoms with Crippen molar-refractivity contribution >= 4 is 21.7 Å². The summed E-state index contributed by atoms with van der Waals surface area (Å²) in [5, 5.41) is 2.79. The molecule has 2 amide bonds. The summed E-state index contributed by atoms with van der Waals surface area (Å²) in [5.41, 5.74) is -0.897. The van der Waals surface area contributed by atoms with Gasteiger partial charge in [0, 0.05) is 12.3 Å². The Labute approximate surface area is 126 Å². The van der Waals surface area contributed by atoms with Gasteiger partial charge in [0.05, 0.1) is 5.75 Å². The number of amides is 2. The van der Waals surface area contributed by atoms with E-state index in [0.717, 1.165) is 12.8 Å². The normalized spacial score (nSPS) is 30.4. The zero-order chi connectivity index (χ0) is 15.8. The molecule has 1 aliphatic carbocycles. The molecule has 6 nitrogen and oxygen atoms in total. The molecule has 0 spiro atoms. The van der Waals surface area contributed by atoms with Gasteiger partial charge in [-0.2, -0.15) is 0 Å². The van der Waals surface area contributed by atoms with Crippen LogP contribution in [-0.4, -0.2) is 54.8 Å². The van der Waals surface area contributed by atoms with E-state index in [9.17, 15) is 18.0 Å². The topological polar surface area (TPSA) is 83.6 Å². The quantitative estimate of drug-likeness (QED) is 0.765. The molecule has 1 N–H and O–H groups in total. The highest BCUT2D eigenvalue weighted by Crippen LogP contribution is 2.44. The Kier molecular flexibility index (Phi) is 4.33. The van der Waals surface area contributed by atoms with Crippen LogP contribution < -0.4 is 5.32 Å². The van der Waals surface area contributed by atoms with Crippen LogP contribution in [-0.2, 0) is 19.4 Å². The SMILES string of the molecule is CCC1NC(=O)C(C)(C2CC2)N(CCS(=O)(=O)CC)C1=O. The highest BCUT2D eigenvalue weighted by molar-refractivity contribution is 7.91. The highest BCUT2D eigenvalue weighted by atomic mass is 32.2. The number of nitrogens with one attached hydrogen (secondary N) is 1. The monoisotopic (exact) mass is 316 g/mol. The molecule has 0 radical (unpaired) electrons. The third kappa shape index (κ3) is 2.93. The van der Waals surface area contributed by atoms with Crippen molar-refractivity contribution in [1.82, 2.24) is 10.2 Å². The van der Waals surface area contributed by atoms with Gasteiger partial charge in [0.2, 0.25) is 11.8 Å². The zero-order valence-corrected chi connectivity index (χ0v) is 13.7. The zero-order valence-electron chi connectivity index (χ0n) is 12.9. The standard InChI is InChI=1S/C14H24N2O4S/c1-4-11-12(17)16(8-9-21(19,20)5-2)14(3,10-6-7-10)13(18)15-11/h10-11H,4-9H2,1-3H3,(H,15,18). The van der Waals surface area contributed by atoms with Crippen LogP contribution in [0.25, 0.3) is 0 Å². The second-order valence-electron chi connectivity index (χ2n) is 6.08. The molecule has 2 rings (SSSR count). The van der Waals surface area contributed by atoms with E-state index >= 15 is 0 Å². The summed E-state index contributed by atoms with van der Waals surface area (Å²) in [5.74, 6) is -0.188. The first-order chi connectivity index (χ1) is 9.76. The molecule has 0 aromatic heterocycles. The first-order valence-corrected chi connectivity index (χ1v) is 9.41. The maximum absolute atomic E-state index is 12.6. The summed E-state index contributed by atoms with van der Waals surface area (Å²) >= 11 is 0. The lowest BCUT2D eigenvalue weighted by molar-refractivity contribution is -0.157. The van der Waals surface area contributed by atoms with Gasteiger partial charge < -0.3 is 10.2 Å². The number of carbonyl (C=O) groups is 2. The number of hydrogen-bond acceptors (Lipinski definition) is 4. The van der Waals surface area contributed by atoms with Crippen molar-refractivity contribution in [3.05, 3.63) is 0 Å². The molecule has 2 atom stereocenters. The Morgan fingerprint density at radius 2 is 1.90 bits per heavy atom. The van der Waals surface area contributed by atoms with Crippen LogP contribution in [0.3, 0.4) is 0 Å². The number of nitrogens with zero attached hydrogens (tertiary/aromatic N) is 1. The summed E-state index contributed by atoms with van der Waals surface area (Å²) in [7, 11) is -3.17. The molecule has 7 heteroatoms. The minimum atomic E-state index is -3.17. The van der Waals surface area contributed by atoms with Crippen molar-refractivity contribution in [2.75, 3.05) is 18.1 Å². The van der Waals surface area contributed by atoms with Crippen molar-refractivity contribution in [3.8, 4) is 0 Å². The van der Waals surface area contributed by atoms with Gasteiger partial charge in [-0.15, -0.1) is 0 Å². The molecule has 0 aromatic rings. The fourth-order valence-corrected chi connectivity index (χ4v) is 3.70. The van der Waals surface area contributed by atoms with Crippen molar-refractivity contribution in [2.45, 2.75) is 51.6 Å². The van der Waals surface area contributed by atoms with Gasteiger partial charge in [0.1, 0.15) is 11.6 Å². The number of hydrogen-bond donors (Lipinski definition) is 1. The first kappa shape index (κ1) is 16.3.